The average Bonchev–Trinajstić information content (AvgIpc) is 2.81. The molecule has 3 aromatic rings. The number of amides is 2. The van der Waals surface area contributed by atoms with Gasteiger partial charge in [0.25, 0.3) is 5.91 Å². The molecule has 1 aromatic heterocycles. The van der Waals surface area contributed by atoms with Crippen LogP contribution in [0.2, 0.25) is 0 Å². The number of nitrogens with zero attached hydrogens (tertiary/aromatic N) is 3. The van der Waals surface area contributed by atoms with Crippen molar-refractivity contribution >= 4 is 11.8 Å². The molecule has 0 bridgehead atoms. The first kappa shape index (κ1) is 20.4. The minimum atomic E-state index is -0.257. The highest BCUT2D eigenvalue weighted by molar-refractivity contribution is 5.97. The molecule has 2 aromatic carbocycles. The summed E-state index contributed by atoms with van der Waals surface area (Å²) in [5, 5.41) is 10.0. The Morgan fingerprint density at radius 3 is 2.56 bits per heavy atom. The fourth-order valence-corrected chi connectivity index (χ4v) is 5.11. The number of aliphatic hydroxyl groups is 1. The Kier molecular flexibility index (Phi) is 5.23. The third kappa shape index (κ3) is 3.37. The molecule has 0 radical (unpaired) electrons. The number of carbonyl (C=O) groups excluding carboxylic acids is 2. The predicted molar refractivity (Wildman–Crippen MR) is 121 cm³/mol. The third-order valence-corrected chi connectivity index (χ3v) is 6.70. The molecule has 32 heavy (non-hydrogen) atoms. The number of hydrogen-bond donors (Lipinski definition) is 1. The van der Waals surface area contributed by atoms with E-state index in [1.165, 1.54) is 17.3 Å². The molecule has 2 aliphatic heterocycles. The number of pyridine rings is 1. The van der Waals surface area contributed by atoms with E-state index in [1.54, 1.807) is 28.1 Å². The smallest absolute Gasteiger partial charge is 0.255 e. The molecule has 2 fully saturated rings. The van der Waals surface area contributed by atoms with Gasteiger partial charge in [-0.3, -0.25) is 14.6 Å². The molecule has 3 atom stereocenters. The summed E-state index contributed by atoms with van der Waals surface area (Å²) in [5.74, 6) is -0.322. The van der Waals surface area contributed by atoms with Gasteiger partial charge < -0.3 is 14.9 Å². The van der Waals surface area contributed by atoms with Gasteiger partial charge in [0.05, 0.1) is 24.3 Å². The molecule has 0 spiro atoms. The summed E-state index contributed by atoms with van der Waals surface area (Å²) < 4.78 is 0. The summed E-state index contributed by atoms with van der Waals surface area (Å²) in [7, 11) is 0. The molecule has 2 amide bonds. The molecule has 6 heteroatoms. The molecular weight excluding hydrogens is 402 g/mol. The van der Waals surface area contributed by atoms with Gasteiger partial charge >= 0.3 is 0 Å². The van der Waals surface area contributed by atoms with E-state index in [0.29, 0.717) is 12.1 Å². The lowest BCUT2D eigenvalue weighted by Crippen LogP contribution is -2.73. The number of carbonyl (C=O) groups is 2. The standard InChI is InChI=1S/C26H25N3O3/c1-17-5-2-3-7-21(17)18-8-10-19(11-9-18)25-22-14-28(15-24(31)29(22)23(25)16-30)26(32)20-6-4-12-27-13-20/h2-13,22-23,25,30H,14-16H2,1H3/t22-,23-,25-/m0/s1. The van der Waals surface area contributed by atoms with Gasteiger partial charge in [0.15, 0.2) is 0 Å². The van der Waals surface area contributed by atoms with Gasteiger partial charge in [-0.2, -0.15) is 0 Å². The summed E-state index contributed by atoms with van der Waals surface area (Å²) in [4.78, 5) is 33.1. The fraction of sp³-hybridized carbons (Fsp3) is 0.269. The van der Waals surface area contributed by atoms with Crippen LogP contribution in [0.25, 0.3) is 11.1 Å². The quantitative estimate of drug-likeness (QED) is 0.695. The summed E-state index contributed by atoms with van der Waals surface area (Å²) in [5.41, 5.74) is 5.09. The van der Waals surface area contributed by atoms with Crippen molar-refractivity contribution in [3.8, 4) is 11.1 Å². The van der Waals surface area contributed by atoms with Gasteiger partial charge in [-0.25, -0.2) is 0 Å². The Morgan fingerprint density at radius 1 is 1.09 bits per heavy atom. The second kappa shape index (κ2) is 8.20. The Bertz CT molecular complexity index is 1150. The van der Waals surface area contributed by atoms with E-state index in [0.717, 1.165) is 11.1 Å². The molecule has 0 saturated carbocycles. The highest BCUT2D eigenvalue weighted by Crippen LogP contribution is 2.43. The highest BCUT2D eigenvalue weighted by Gasteiger charge is 2.54. The highest BCUT2D eigenvalue weighted by atomic mass is 16.3. The predicted octanol–water partition coefficient (Wildman–Crippen LogP) is 2.87. The molecule has 6 nitrogen and oxygen atoms in total. The summed E-state index contributed by atoms with van der Waals surface area (Å²) in [6.07, 6.45) is 3.15. The first-order valence-corrected chi connectivity index (χ1v) is 10.9. The number of fused-ring (bicyclic) bond motifs is 1. The van der Waals surface area contributed by atoms with Crippen LogP contribution in [0.1, 0.15) is 27.4 Å². The normalized spacial score (nSPS) is 22.3. The fourth-order valence-electron chi connectivity index (χ4n) is 5.11. The zero-order valence-electron chi connectivity index (χ0n) is 17.9. The zero-order chi connectivity index (χ0) is 22.2. The molecule has 0 aliphatic carbocycles. The van der Waals surface area contributed by atoms with Crippen molar-refractivity contribution in [2.24, 2.45) is 0 Å². The van der Waals surface area contributed by atoms with Crippen molar-refractivity contribution in [1.29, 1.82) is 0 Å². The number of aliphatic hydroxyl groups excluding tert-OH is 1. The van der Waals surface area contributed by atoms with Crippen LogP contribution in [0, 0.1) is 6.92 Å². The van der Waals surface area contributed by atoms with Gasteiger partial charge in [0.2, 0.25) is 5.91 Å². The van der Waals surface area contributed by atoms with Crippen molar-refractivity contribution in [1.82, 2.24) is 14.8 Å². The number of aromatic nitrogens is 1. The molecule has 2 saturated heterocycles. The number of piperazine rings is 1. The maximum atomic E-state index is 12.9. The topological polar surface area (TPSA) is 73.7 Å². The van der Waals surface area contributed by atoms with Crippen LogP contribution in [-0.2, 0) is 4.79 Å². The van der Waals surface area contributed by atoms with Crippen LogP contribution in [0.15, 0.2) is 73.1 Å². The second-order valence-electron chi connectivity index (χ2n) is 8.51. The van der Waals surface area contributed by atoms with E-state index in [9.17, 15) is 14.7 Å². The molecule has 5 rings (SSSR count). The van der Waals surface area contributed by atoms with E-state index in [1.807, 2.05) is 12.1 Å². The van der Waals surface area contributed by atoms with Crippen LogP contribution in [0.3, 0.4) is 0 Å². The van der Waals surface area contributed by atoms with E-state index >= 15 is 0 Å². The third-order valence-electron chi connectivity index (χ3n) is 6.70. The van der Waals surface area contributed by atoms with Crippen LogP contribution < -0.4 is 0 Å². The summed E-state index contributed by atoms with van der Waals surface area (Å²) in [6, 6.07) is 19.6. The molecular formula is C26H25N3O3. The average molecular weight is 428 g/mol. The van der Waals surface area contributed by atoms with Gasteiger partial charge in [-0.05, 0) is 41.3 Å². The summed E-state index contributed by atoms with van der Waals surface area (Å²) >= 11 is 0. The van der Waals surface area contributed by atoms with Crippen LogP contribution >= 0.6 is 0 Å². The van der Waals surface area contributed by atoms with E-state index in [-0.39, 0.29) is 43.0 Å². The van der Waals surface area contributed by atoms with E-state index in [4.69, 9.17) is 0 Å². The number of rotatable bonds is 4. The molecule has 0 unspecified atom stereocenters. The summed E-state index contributed by atoms with van der Waals surface area (Å²) in [6.45, 7) is 2.47. The maximum absolute atomic E-state index is 12.9. The van der Waals surface area contributed by atoms with Crippen molar-refractivity contribution in [3.05, 3.63) is 89.7 Å². The zero-order valence-corrected chi connectivity index (χ0v) is 17.9. The second-order valence-corrected chi connectivity index (χ2v) is 8.51. The van der Waals surface area contributed by atoms with Crippen molar-refractivity contribution in [2.45, 2.75) is 24.9 Å². The number of aryl methyl sites for hydroxylation is 1. The largest absolute Gasteiger partial charge is 0.394 e. The molecule has 3 heterocycles. The van der Waals surface area contributed by atoms with E-state index in [2.05, 4.69) is 48.3 Å². The Balaban J connectivity index is 1.40. The molecule has 162 valence electrons. The monoisotopic (exact) mass is 427 g/mol. The lowest BCUT2D eigenvalue weighted by Gasteiger charge is -2.58. The minimum absolute atomic E-state index is 0.0145. The first-order valence-electron chi connectivity index (χ1n) is 10.9. The number of hydrogen-bond acceptors (Lipinski definition) is 4. The van der Waals surface area contributed by atoms with Crippen molar-refractivity contribution in [2.75, 3.05) is 19.7 Å². The van der Waals surface area contributed by atoms with Gasteiger partial charge in [-0.1, -0.05) is 48.5 Å². The molecule has 2 aliphatic rings. The Labute approximate surface area is 187 Å². The van der Waals surface area contributed by atoms with Crippen molar-refractivity contribution in [3.63, 3.8) is 0 Å². The van der Waals surface area contributed by atoms with Crippen molar-refractivity contribution < 1.29 is 14.7 Å². The SMILES string of the molecule is Cc1ccccc1-c1ccc([C@@H]2[C@H](CO)N3C(=O)CN(C(=O)c4cccnc4)C[C@@H]23)cc1. The van der Waals surface area contributed by atoms with Crippen LogP contribution in [-0.4, -0.2) is 63.5 Å². The van der Waals surface area contributed by atoms with E-state index < -0.39 is 0 Å². The Hall–Kier alpha value is -3.51. The van der Waals surface area contributed by atoms with Gasteiger partial charge in [0, 0.05) is 24.9 Å². The van der Waals surface area contributed by atoms with Gasteiger partial charge in [-0.15, -0.1) is 0 Å². The minimum Gasteiger partial charge on any atom is -0.394 e. The lowest BCUT2D eigenvalue weighted by molar-refractivity contribution is -0.159. The lowest BCUT2D eigenvalue weighted by atomic mass is 9.73. The first-order chi connectivity index (χ1) is 15.6. The van der Waals surface area contributed by atoms with Crippen LogP contribution in [0.5, 0.6) is 0 Å². The molecule has 1 N–H and O–H groups in total. The Morgan fingerprint density at radius 2 is 1.88 bits per heavy atom. The van der Waals surface area contributed by atoms with Gasteiger partial charge in [0.1, 0.15) is 6.54 Å². The van der Waals surface area contributed by atoms with Crippen LogP contribution in [0.4, 0.5) is 0 Å². The maximum Gasteiger partial charge on any atom is 0.255 e. The number of benzene rings is 2.